The molecule has 11 heteroatoms. The van der Waals surface area contributed by atoms with Crippen molar-refractivity contribution in [1.82, 2.24) is 30.6 Å². The first-order chi connectivity index (χ1) is 19.7. The van der Waals surface area contributed by atoms with Gasteiger partial charge in [0.25, 0.3) is 11.8 Å². The van der Waals surface area contributed by atoms with Gasteiger partial charge in [-0.3, -0.25) is 28.7 Å². The number of nitrogens with zero attached hydrogens (tertiary/aromatic N) is 3. The Balaban J connectivity index is 1.23. The van der Waals surface area contributed by atoms with E-state index in [1.165, 1.54) is 0 Å². The van der Waals surface area contributed by atoms with Crippen LogP contribution in [0.25, 0.3) is 11.3 Å². The topological polar surface area (TPSA) is 142 Å². The summed E-state index contributed by atoms with van der Waals surface area (Å²) < 4.78 is 1.66. The molecule has 0 radical (unpaired) electrons. The number of hydrogen-bond acceptors (Lipinski definition) is 6. The number of ketones is 1. The van der Waals surface area contributed by atoms with Gasteiger partial charge in [-0.2, -0.15) is 5.10 Å². The van der Waals surface area contributed by atoms with E-state index in [0.717, 1.165) is 43.4 Å². The average Bonchev–Trinajstić information content (AvgIpc) is 3.87. The second-order valence-corrected chi connectivity index (χ2v) is 12.1. The van der Waals surface area contributed by atoms with Crippen LogP contribution in [0.15, 0.2) is 36.4 Å². The Bertz CT molecular complexity index is 1380. The van der Waals surface area contributed by atoms with Crippen molar-refractivity contribution in [1.29, 1.82) is 0 Å². The van der Waals surface area contributed by atoms with Gasteiger partial charge in [0.2, 0.25) is 17.6 Å². The van der Waals surface area contributed by atoms with E-state index in [-0.39, 0.29) is 35.4 Å². The van der Waals surface area contributed by atoms with Crippen LogP contribution in [0.2, 0.25) is 0 Å². The summed E-state index contributed by atoms with van der Waals surface area (Å²) in [5.41, 5.74) is 1.97. The number of carbonyl (C=O) groups excluding carboxylic acids is 5. The van der Waals surface area contributed by atoms with Crippen molar-refractivity contribution in [3.8, 4) is 11.3 Å². The summed E-state index contributed by atoms with van der Waals surface area (Å²) in [4.78, 5) is 67.4. The Kier molecular flexibility index (Phi) is 7.13. The van der Waals surface area contributed by atoms with Crippen LogP contribution in [0.5, 0.6) is 0 Å². The van der Waals surface area contributed by atoms with E-state index in [9.17, 15) is 24.0 Å². The zero-order chi connectivity index (χ0) is 28.7. The van der Waals surface area contributed by atoms with Crippen LogP contribution < -0.4 is 16.0 Å². The van der Waals surface area contributed by atoms with Gasteiger partial charge in [0, 0.05) is 32.1 Å². The number of likely N-dealkylation sites (tertiary alicyclic amines) is 1. The quantitative estimate of drug-likeness (QED) is 0.395. The Morgan fingerprint density at radius 1 is 1.10 bits per heavy atom. The maximum Gasteiger partial charge on any atom is 0.289 e. The molecule has 2 saturated heterocycles. The Morgan fingerprint density at radius 3 is 2.51 bits per heavy atom. The molecule has 0 bridgehead atoms. The van der Waals surface area contributed by atoms with E-state index < -0.39 is 35.6 Å². The third-order valence-electron chi connectivity index (χ3n) is 9.03. The molecule has 216 valence electrons. The van der Waals surface area contributed by atoms with Crippen LogP contribution in [0.4, 0.5) is 0 Å². The van der Waals surface area contributed by atoms with E-state index in [1.54, 1.807) is 22.7 Å². The lowest BCUT2D eigenvalue weighted by Crippen LogP contribution is -2.58. The van der Waals surface area contributed by atoms with Crippen molar-refractivity contribution in [2.45, 2.75) is 69.5 Å². The van der Waals surface area contributed by atoms with Crippen LogP contribution >= 0.6 is 0 Å². The second kappa shape index (κ2) is 10.8. The molecule has 6 rings (SSSR count). The second-order valence-electron chi connectivity index (χ2n) is 12.1. The Labute approximate surface area is 238 Å². The van der Waals surface area contributed by atoms with Gasteiger partial charge >= 0.3 is 0 Å². The smallest absolute Gasteiger partial charge is 0.289 e. The maximum atomic E-state index is 13.9. The van der Waals surface area contributed by atoms with E-state index in [1.807, 2.05) is 30.3 Å². The molecule has 1 aromatic carbocycles. The highest BCUT2D eigenvalue weighted by Crippen LogP contribution is 2.55. The minimum absolute atomic E-state index is 0.0158. The van der Waals surface area contributed by atoms with Crippen molar-refractivity contribution >= 4 is 29.4 Å². The number of aromatic nitrogens is 2. The fraction of sp³-hybridized carbons (Fsp3) is 0.533. The van der Waals surface area contributed by atoms with Gasteiger partial charge in [-0.05, 0) is 68.4 Å². The highest BCUT2D eigenvalue weighted by atomic mass is 16.2. The predicted molar refractivity (Wildman–Crippen MR) is 148 cm³/mol. The summed E-state index contributed by atoms with van der Waals surface area (Å²) in [6.07, 6.45) is 5.50. The molecule has 3 heterocycles. The average molecular weight is 561 g/mol. The van der Waals surface area contributed by atoms with E-state index in [0.29, 0.717) is 25.9 Å². The van der Waals surface area contributed by atoms with Gasteiger partial charge in [-0.25, -0.2) is 0 Å². The fourth-order valence-electron chi connectivity index (χ4n) is 6.14. The molecule has 2 aliphatic carbocycles. The molecule has 41 heavy (non-hydrogen) atoms. The molecule has 4 fully saturated rings. The number of amides is 4. The molecule has 3 atom stereocenters. The third kappa shape index (κ3) is 5.75. The van der Waals surface area contributed by atoms with Gasteiger partial charge < -0.3 is 20.9 Å². The molecule has 4 aliphatic rings. The minimum Gasteiger partial charge on any atom is -0.356 e. The molecule has 2 aromatic rings. The largest absolute Gasteiger partial charge is 0.356 e. The first-order valence-corrected chi connectivity index (χ1v) is 14.6. The lowest BCUT2D eigenvalue weighted by atomic mass is 9.86. The Hall–Kier alpha value is -4.02. The normalized spacial score (nSPS) is 23.5. The van der Waals surface area contributed by atoms with Crippen molar-refractivity contribution in [3.63, 3.8) is 0 Å². The minimum atomic E-state index is -1.15. The maximum absolute atomic E-state index is 13.9. The van der Waals surface area contributed by atoms with E-state index in [2.05, 4.69) is 21.0 Å². The molecule has 11 nitrogen and oxygen atoms in total. The van der Waals surface area contributed by atoms with Crippen LogP contribution in [-0.4, -0.2) is 75.3 Å². The summed E-state index contributed by atoms with van der Waals surface area (Å²) in [5.74, 6) is -2.97. The van der Waals surface area contributed by atoms with Crippen molar-refractivity contribution < 1.29 is 24.0 Å². The summed E-state index contributed by atoms with van der Waals surface area (Å²) in [5, 5.41) is 12.7. The van der Waals surface area contributed by atoms with Crippen molar-refractivity contribution in [2.24, 2.45) is 18.4 Å². The molecule has 2 aliphatic heterocycles. The molecule has 4 amide bonds. The van der Waals surface area contributed by atoms with Gasteiger partial charge in [0.05, 0.1) is 11.7 Å². The predicted octanol–water partition coefficient (Wildman–Crippen LogP) is 1.33. The fourth-order valence-corrected chi connectivity index (χ4v) is 6.14. The lowest BCUT2D eigenvalue weighted by molar-refractivity contribution is -0.141. The van der Waals surface area contributed by atoms with Crippen LogP contribution in [0.1, 0.15) is 61.9 Å². The molecular formula is C30H36N6O5. The number of nitrogens with one attached hydrogen (secondary N) is 3. The van der Waals surface area contributed by atoms with Gasteiger partial charge in [-0.1, -0.05) is 30.3 Å². The summed E-state index contributed by atoms with van der Waals surface area (Å²) in [6.45, 7) is 0.898. The van der Waals surface area contributed by atoms with Crippen LogP contribution in [-0.2, 0) is 26.2 Å². The number of carbonyl (C=O) groups is 5. The monoisotopic (exact) mass is 560 g/mol. The van der Waals surface area contributed by atoms with Gasteiger partial charge in [0.1, 0.15) is 6.04 Å². The Morgan fingerprint density at radius 2 is 1.85 bits per heavy atom. The zero-order valence-corrected chi connectivity index (χ0v) is 23.2. The molecule has 2 saturated carbocycles. The standard InChI is InChI=1S/C30H36N6O5/c1-35-23(18-5-3-2-4-6-18)16-22(34-35)29(41)36-14-12-30(10-11-30)17-24(36)27(39)33-21(15-19-9-13-31-26(19)38)25(37)28(40)32-20-7-8-20/h2-6,16,19-21,24H,7-15,17H2,1H3,(H,31,38)(H,32,40)(H,33,39). The van der Waals surface area contributed by atoms with E-state index in [4.69, 9.17) is 0 Å². The number of hydrogen-bond donors (Lipinski definition) is 3. The molecule has 3 unspecified atom stereocenters. The number of Topliss-reactive ketones (excluding diaryl/α,β-unsaturated/α-hetero) is 1. The van der Waals surface area contributed by atoms with Crippen molar-refractivity contribution in [3.05, 3.63) is 42.1 Å². The van der Waals surface area contributed by atoms with Gasteiger partial charge in [-0.15, -0.1) is 0 Å². The highest BCUT2D eigenvalue weighted by molar-refractivity contribution is 6.38. The molecule has 3 N–H and O–H groups in total. The van der Waals surface area contributed by atoms with Gasteiger partial charge in [0.15, 0.2) is 5.69 Å². The number of rotatable bonds is 9. The molecule has 1 aromatic heterocycles. The number of benzene rings is 1. The number of aryl methyl sites for hydroxylation is 1. The lowest BCUT2D eigenvalue weighted by Gasteiger charge is -2.39. The third-order valence-corrected chi connectivity index (χ3v) is 9.03. The highest BCUT2D eigenvalue weighted by Gasteiger charge is 2.51. The van der Waals surface area contributed by atoms with Crippen molar-refractivity contribution in [2.75, 3.05) is 13.1 Å². The summed E-state index contributed by atoms with van der Waals surface area (Å²) >= 11 is 0. The van der Waals surface area contributed by atoms with Crippen LogP contribution in [0, 0.1) is 11.3 Å². The summed E-state index contributed by atoms with van der Waals surface area (Å²) in [7, 11) is 1.78. The molecular weight excluding hydrogens is 524 g/mol. The zero-order valence-electron chi connectivity index (χ0n) is 23.2. The van der Waals surface area contributed by atoms with E-state index >= 15 is 0 Å². The first kappa shape index (κ1) is 27.2. The SMILES string of the molecule is Cn1nc(C(=O)N2CCC3(CC3)CC2C(=O)NC(CC2CCNC2=O)C(=O)C(=O)NC2CC2)cc1-c1ccccc1. The summed E-state index contributed by atoms with van der Waals surface area (Å²) in [6, 6.07) is 9.41. The number of piperidine rings is 1. The first-order valence-electron chi connectivity index (χ1n) is 14.6. The van der Waals surface area contributed by atoms with Crippen LogP contribution in [0.3, 0.4) is 0 Å². The molecule has 1 spiro atoms.